The molecule has 3 rings (SSSR count). The molecule has 12 heteroatoms. The molecule has 0 spiro atoms. The minimum Gasteiger partial charge on any atom is -0.595 e. The van der Waals surface area contributed by atoms with E-state index in [0.29, 0.717) is 11.1 Å². The lowest BCUT2D eigenvalue weighted by atomic mass is 9.97. The van der Waals surface area contributed by atoms with Gasteiger partial charge in [-0.3, -0.25) is 0 Å². The van der Waals surface area contributed by atoms with Crippen molar-refractivity contribution in [3.05, 3.63) is 104 Å². The van der Waals surface area contributed by atoms with Crippen LogP contribution in [0.5, 0.6) is 0 Å². The number of nitrogens with zero attached hydrogens (tertiary/aromatic N) is 2. The van der Waals surface area contributed by atoms with Crippen molar-refractivity contribution in [1.29, 1.82) is 10.5 Å². The summed E-state index contributed by atoms with van der Waals surface area (Å²) in [6.07, 6.45) is 0. The molecule has 3 aromatic rings. The van der Waals surface area contributed by atoms with E-state index in [4.69, 9.17) is 56.9 Å². The largest absolute Gasteiger partial charge is 0.595 e. The fraction of sp³-hybridized carbons (Fsp3) is 0.167. The third-order valence-electron chi connectivity index (χ3n) is 5.51. The van der Waals surface area contributed by atoms with E-state index in [2.05, 4.69) is 0 Å². The number of hydrogen-bond donors (Lipinski definition) is 4. The van der Waals surface area contributed by atoms with E-state index in [9.17, 15) is 20.8 Å². The smallest absolute Gasteiger partial charge is 0.169 e. The second-order valence-corrected chi connectivity index (χ2v) is 9.59. The molecule has 2 unspecified atom stereocenters. The third-order valence-corrected chi connectivity index (χ3v) is 7.75. The highest BCUT2D eigenvalue weighted by molar-refractivity contribution is 6.31. The second-order valence-electron chi connectivity index (χ2n) is 7.71. The Balaban J connectivity index is 1.84. The summed E-state index contributed by atoms with van der Waals surface area (Å²) in [5.41, 5.74) is 1.86. The lowest BCUT2D eigenvalue weighted by molar-refractivity contribution is -0.991. The topological polar surface area (TPSA) is 143 Å². The Bertz CT molecular complexity index is 1210. The van der Waals surface area contributed by atoms with Crippen molar-refractivity contribution in [3.63, 3.8) is 0 Å². The van der Waals surface area contributed by atoms with E-state index in [1.165, 1.54) is 36.4 Å². The summed E-state index contributed by atoms with van der Waals surface area (Å²) in [6.45, 7) is 0. The summed E-state index contributed by atoms with van der Waals surface area (Å²) in [5.74, 6) is 0. The fourth-order valence-corrected chi connectivity index (χ4v) is 4.85. The first-order chi connectivity index (χ1) is 17.1. The van der Waals surface area contributed by atoms with Crippen LogP contribution in [-0.4, -0.2) is 10.4 Å². The van der Waals surface area contributed by atoms with E-state index in [-0.39, 0.29) is 33.6 Å². The Labute approximate surface area is 226 Å². The molecule has 0 saturated heterocycles. The van der Waals surface area contributed by atoms with Crippen molar-refractivity contribution >= 4 is 57.8 Å². The van der Waals surface area contributed by atoms with Gasteiger partial charge in [0, 0.05) is 23.3 Å². The maximum absolute atomic E-state index is 11.7. The molecule has 36 heavy (non-hydrogen) atoms. The summed E-state index contributed by atoms with van der Waals surface area (Å²) in [7, 11) is 0. The van der Waals surface area contributed by atoms with Gasteiger partial charge in [0.1, 0.15) is 0 Å². The number of benzene rings is 3. The standard InChI is InChI=1S/C24H18Cl4N4O4/c25-21(23(27)17-7-1-13(11-29)9-19(17)31(33)34)15-3-5-16(6-4-15)22(26)24(28)18-8-2-14(12-30)10-20(18)32(35)36/h1-10,21-24,31-33,35H/t21-,22+,23-,24-/m1/s1. The molecule has 0 radical (unpaired) electrons. The van der Waals surface area contributed by atoms with E-state index in [1.54, 1.807) is 24.3 Å². The van der Waals surface area contributed by atoms with Crippen LogP contribution < -0.4 is 10.5 Å². The van der Waals surface area contributed by atoms with Gasteiger partial charge in [-0.05, 0) is 23.3 Å². The van der Waals surface area contributed by atoms with Crippen LogP contribution >= 0.6 is 46.4 Å². The molecule has 0 aromatic heterocycles. The van der Waals surface area contributed by atoms with Gasteiger partial charge in [-0.1, -0.05) is 36.4 Å². The highest BCUT2D eigenvalue weighted by Crippen LogP contribution is 2.44. The van der Waals surface area contributed by atoms with Gasteiger partial charge < -0.3 is 10.4 Å². The second kappa shape index (κ2) is 12.2. The quantitative estimate of drug-likeness (QED) is 0.228. The van der Waals surface area contributed by atoms with Crippen LogP contribution in [0.1, 0.15) is 54.9 Å². The minimum atomic E-state index is -1.23. The van der Waals surface area contributed by atoms with Crippen LogP contribution in [0.15, 0.2) is 60.7 Å². The predicted octanol–water partition coefficient (Wildman–Crippen LogP) is 4.76. The first kappa shape index (κ1) is 28.1. The average Bonchev–Trinajstić information content (AvgIpc) is 2.90. The molecule has 0 saturated carbocycles. The van der Waals surface area contributed by atoms with E-state index in [0.717, 1.165) is 0 Å². The molecule has 4 N–H and O–H groups in total. The van der Waals surface area contributed by atoms with Crippen molar-refractivity contribution in [1.82, 2.24) is 0 Å². The third kappa shape index (κ3) is 6.09. The van der Waals surface area contributed by atoms with Crippen molar-refractivity contribution in [2.24, 2.45) is 0 Å². The molecule has 8 nitrogen and oxygen atoms in total. The number of alkyl halides is 4. The van der Waals surface area contributed by atoms with Gasteiger partial charge in [0.25, 0.3) is 0 Å². The molecule has 6 atom stereocenters. The predicted molar refractivity (Wildman–Crippen MR) is 135 cm³/mol. The first-order valence-corrected chi connectivity index (χ1v) is 12.0. The first-order valence-electron chi connectivity index (χ1n) is 10.3. The molecule has 0 heterocycles. The maximum Gasteiger partial charge on any atom is 0.169 e. The van der Waals surface area contributed by atoms with E-state index in [1.807, 2.05) is 12.1 Å². The zero-order chi connectivity index (χ0) is 26.6. The van der Waals surface area contributed by atoms with Crippen molar-refractivity contribution in [2.45, 2.75) is 21.5 Å². The number of nitrogens with one attached hydrogen (secondary N) is 2. The summed E-state index contributed by atoms with van der Waals surface area (Å²) in [4.78, 5) is 0. The van der Waals surface area contributed by atoms with Gasteiger partial charge in [-0.2, -0.15) is 21.0 Å². The van der Waals surface area contributed by atoms with Gasteiger partial charge in [-0.15, -0.1) is 46.4 Å². The van der Waals surface area contributed by atoms with Gasteiger partial charge >= 0.3 is 0 Å². The zero-order valence-electron chi connectivity index (χ0n) is 18.2. The van der Waals surface area contributed by atoms with Crippen LogP contribution in [0, 0.1) is 33.1 Å². The van der Waals surface area contributed by atoms with Crippen LogP contribution in [-0.2, 0) is 0 Å². The number of nitriles is 2. The number of rotatable bonds is 8. The molecule has 0 aliphatic heterocycles. The summed E-state index contributed by atoms with van der Waals surface area (Å²) < 4.78 is 0. The molecule has 0 bridgehead atoms. The molecule has 0 aliphatic rings. The Hall–Kier alpha value is -2.44. The lowest BCUT2D eigenvalue weighted by Gasteiger charge is -2.23. The average molecular weight is 568 g/mol. The minimum absolute atomic E-state index is 0.112. The van der Waals surface area contributed by atoms with Crippen molar-refractivity contribution < 1.29 is 20.9 Å². The molecular weight excluding hydrogens is 550 g/mol. The lowest BCUT2D eigenvalue weighted by Crippen LogP contribution is -2.99. The molecule has 186 valence electrons. The molecular formula is C24H18Cl4N4O4. The molecule has 0 aliphatic carbocycles. The normalized spacial score (nSPS) is 16.2. The Morgan fingerprint density at radius 3 is 1.22 bits per heavy atom. The van der Waals surface area contributed by atoms with Gasteiger partial charge in [0.2, 0.25) is 0 Å². The van der Waals surface area contributed by atoms with Crippen LogP contribution in [0.25, 0.3) is 0 Å². The van der Waals surface area contributed by atoms with Crippen molar-refractivity contribution in [3.8, 4) is 12.1 Å². The Morgan fingerprint density at radius 1 is 0.611 bits per heavy atom. The van der Waals surface area contributed by atoms with E-state index < -0.39 is 32.0 Å². The monoisotopic (exact) mass is 566 g/mol. The summed E-state index contributed by atoms with van der Waals surface area (Å²) in [6, 6.07) is 18.8. The van der Waals surface area contributed by atoms with Crippen LogP contribution in [0.4, 0.5) is 11.4 Å². The summed E-state index contributed by atoms with van der Waals surface area (Å²) in [5, 5.41) is 54.5. The summed E-state index contributed by atoms with van der Waals surface area (Å²) >= 11 is 26.2. The highest BCUT2D eigenvalue weighted by Gasteiger charge is 2.28. The SMILES string of the molecule is N#Cc1ccc([C@@H](Cl)[C@H](Cl)c2ccc([C@H](Cl)[C@H](Cl)c3ccc(C#N)cc3[NH+]([O-])O)cc2)c([NH+]([O-])O)c1. The number of halogens is 4. The number of quaternary nitrogens is 2. The molecule has 3 aromatic carbocycles. The highest BCUT2D eigenvalue weighted by atomic mass is 35.5. The maximum atomic E-state index is 11.7. The van der Waals surface area contributed by atoms with Crippen LogP contribution in [0.3, 0.4) is 0 Å². The zero-order valence-corrected chi connectivity index (χ0v) is 21.2. The van der Waals surface area contributed by atoms with Crippen molar-refractivity contribution in [2.75, 3.05) is 0 Å². The Kier molecular flexibility index (Phi) is 9.53. The number of hydrogen-bond acceptors (Lipinski definition) is 6. The molecule has 0 fully saturated rings. The van der Waals surface area contributed by atoms with Gasteiger partial charge in [0.05, 0.1) is 44.8 Å². The fourth-order valence-electron chi connectivity index (χ4n) is 3.62. The Morgan fingerprint density at radius 2 is 0.944 bits per heavy atom. The van der Waals surface area contributed by atoms with Crippen LogP contribution in [0.2, 0.25) is 0 Å². The molecule has 0 amide bonds. The van der Waals surface area contributed by atoms with Gasteiger partial charge in [-0.25, -0.2) is 10.4 Å². The van der Waals surface area contributed by atoms with Gasteiger partial charge in [0.15, 0.2) is 11.4 Å². The van der Waals surface area contributed by atoms with E-state index >= 15 is 0 Å².